The highest BCUT2D eigenvalue weighted by Gasteiger charge is 2.50. The number of aliphatic hydroxyl groups excluding tert-OH is 1. The molecule has 1 aromatic carbocycles. The number of rotatable bonds is 7. The summed E-state index contributed by atoms with van der Waals surface area (Å²) in [7, 11) is 5.59. The van der Waals surface area contributed by atoms with Crippen molar-refractivity contribution in [1.29, 1.82) is 0 Å². The molecule has 3 rings (SSSR count). The zero-order chi connectivity index (χ0) is 17.3. The van der Waals surface area contributed by atoms with E-state index in [1.807, 2.05) is 13.0 Å². The normalized spacial score (nSPS) is 22.0. The van der Waals surface area contributed by atoms with Gasteiger partial charge < -0.3 is 15.9 Å². The van der Waals surface area contributed by atoms with E-state index in [1.165, 1.54) is 12.0 Å². The molecule has 0 amide bonds. The molecule has 0 aromatic heterocycles. The van der Waals surface area contributed by atoms with Gasteiger partial charge in [0.25, 0.3) is 0 Å². The van der Waals surface area contributed by atoms with Crippen LogP contribution in [0.3, 0.4) is 0 Å². The van der Waals surface area contributed by atoms with Crippen molar-refractivity contribution in [3.05, 3.63) is 28.8 Å². The molecule has 1 heterocycles. The molecule has 130 valence electrons. The first-order valence-electron chi connectivity index (χ1n) is 9.13. The summed E-state index contributed by atoms with van der Waals surface area (Å²) in [5.74, 6) is 1.01. The summed E-state index contributed by atoms with van der Waals surface area (Å²) < 4.78 is 0. The van der Waals surface area contributed by atoms with Gasteiger partial charge in [-0.25, -0.2) is 0 Å². The minimum atomic E-state index is -0.131. The molecule has 0 spiro atoms. The van der Waals surface area contributed by atoms with Crippen molar-refractivity contribution in [2.45, 2.75) is 56.9 Å². The maximum absolute atomic E-state index is 10.3. The minimum Gasteiger partial charge on any atom is -0.507 e. The maximum atomic E-state index is 10.3. The lowest BCUT2D eigenvalue weighted by Crippen LogP contribution is -2.70. The van der Waals surface area contributed by atoms with Gasteiger partial charge in [0.1, 0.15) is 5.75 Å². The molecular formula is C19H29BN2O2. The predicted octanol–water partition coefficient (Wildman–Crippen LogP) is 1.55. The highest BCUT2D eigenvalue weighted by Crippen LogP contribution is 2.44. The molecule has 4 nitrogen and oxygen atoms in total. The Bertz CT molecular complexity index is 583. The van der Waals surface area contributed by atoms with Crippen molar-refractivity contribution in [2.75, 3.05) is 19.7 Å². The van der Waals surface area contributed by atoms with E-state index in [0.29, 0.717) is 24.4 Å². The average molecular weight is 328 g/mol. The highest BCUT2D eigenvalue weighted by molar-refractivity contribution is 6.08. The molecule has 2 radical (unpaired) electrons. The summed E-state index contributed by atoms with van der Waals surface area (Å²) in [5, 5.41) is 19.8. The zero-order valence-corrected chi connectivity index (χ0v) is 14.7. The first-order chi connectivity index (χ1) is 11.5. The largest absolute Gasteiger partial charge is 0.507 e. The average Bonchev–Trinajstić information content (AvgIpc) is 2.50. The smallest absolute Gasteiger partial charge is 0.121 e. The van der Waals surface area contributed by atoms with Gasteiger partial charge in [-0.05, 0) is 61.6 Å². The number of phenols is 1. The monoisotopic (exact) mass is 328 g/mol. The molecule has 1 aliphatic carbocycles. The number of nitrogens with zero attached hydrogens (tertiary/aromatic N) is 1. The second-order valence-electron chi connectivity index (χ2n) is 7.62. The van der Waals surface area contributed by atoms with Gasteiger partial charge in [-0.15, -0.1) is 0 Å². The molecule has 24 heavy (non-hydrogen) atoms. The van der Waals surface area contributed by atoms with E-state index in [-0.39, 0.29) is 18.2 Å². The van der Waals surface area contributed by atoms with E-state index >= 15 is 0 Å². The van der Waals surface area contributed by atoms with Gasteiger partial charge in [0.05, 0.1) is 14.5 Å². The number of nitrogens with two attached hydrogens (primary N) is 1. The number of aliphatic hydroxyl groups is 1. The van der Waals surface area contributed by atoms with Crippen LogP contribution in [0.1, 0.15) is 36.0 Å². The van der Waals surface area contributed by atoms with Gasteiger partial charge in [-0.1, -0.05) is 18.5 Å². The molecule has 1 atom stereocenters. The fourth-order valence-corrected chi connectivity index (χ4v) is 4.38. The van der Waals surface area contributed by atoms with E-state index in [1.54, 1.807) is 0 Å². The molecule has 1 aliphatic heterocycles. The quantitative estimate of drug-likeness (QED) is 0.664. The minimum absolute atomic E-state index is 0.0351. The molecule has 1 saturated carbocycles. The Morgan fingerprint density at radius 1 is 1.33 bits per heavy atom. The third-order valence-corrected chi connectivity index (χ3v) is 6.24. The summed E-state index contributed by atoms with van der Waals surface area (Å²) >= 11 is 0. The van der Waals surface area contributed by atoms with Crippen molar-refractivity contribution in [3.63, 3.8) is 0 Å². The summed E-state index contributed by atoms with van der Waals surface area (Å²) in [6, 6.07) is 4.02. The van der Waals surface area contributed by atoms with Gasteiger partial charge in [0.15, 0.2) is 0 Å². The van der Waals surface area contributed by atoms with Gasteiger partial charge >= 0.3 is 0 Å². The van der Waals surface area contributed by atoms with Crippen molar-refractivity contribution in [3.8, 4) is 5.75 Å². The molecule has 0 bridgehead atoms. The van der Waals surface area contributed by atoms with Crippen molar-refractivity contribution >= 4 is 7.85 Å². The van der Waals surface area contributed by atoms with Crippen LogP contribution < -0.4 is 5.73 Å². The van der Waals surface area contributed by atoms with E-state index in [9.17, 15) is 10.2 Å². The van der Waals surface area contributed by atoms with Crippen molar-refractivity contribution in [1.82, 2.24) is 4.90 Å². The number of likely N-dealkylation sites (tertiary alicyclic amines) is 1. The highest BCUT2D eigenvalue weighted by atomic mass is 16.3. The van der Waals surface area contributed by atoms with E-state index in [2.05, 4.69) is 11.0 Å². The van der Waals surface area contributed by atoms with Crippen LogP contribution in [0.4, 0.5) is 0 Å². The third kappa shape index (κ3) is 2.98. The van der Waals surface area contributed by atoms with Gasteiger partial charge in [0.2, 0.25) is 0 Å². The predicted molar refractivity (Wildman–Crippen MR) is 97.5 cm³/mol. The number of hydrogen-bond acceptors (Lipinski definition) is 4. The summed E-state index contributed by atoms with van der Waals surface area (Å²) in [6.07, 6.45) is 5.68. The van der Waals surface area contributed by atoms with E-state index < -0.39 is 0 Å². The maximum Gasteiger partial charge on any atom is 0.121 e. The Hall–Kier alpha value is -1.04. The Kier molecular flexibility index (Phi) is 5.23. The van der Waals surface area contributed by atoms with Crippen LogP contribution in [0.15, 0.2) is 12.1 Å². The third-order valence-electron chi connectivity index (χ3n) is 6.24. The van der Waals surface area contributed by atoms with E-state index in [4.69, 9.17) is 13.6 Å². The number of phenolic OH excluding ortho intramolecular Hbond substituents is 1. The summed E-state index contributed by atoms with van der Waals surface area (Å²) in [6.45, 7) is 4.14. The topological polar surface area (TPSA) is 69.7 Å². The Balaban J connectivity index is 1.61. The zero-order valence-electron chi connectivity index (χ0n) is 14.7. The number of hydrogen-bond donors (Lipinski definition) is 3. The lowest BCUT2D eigenvalue weighted by atomic mass is 9.68. The fraction of sp³-hybridized carbons (Fsp3) is 0.684. The lowest BCUT2D eigenvalue weighted by Gasteiger charge is -2.59. The van der Waals surface area contributed by atoms with Crippen LogP contribution in [-0.4, -0.2) is 54.2 Å². The molecule has 2 aliphatic rings. The number of aryl methyl sites for hydroxylation is 1. The molecule has 4 N–H and O–H groups in total. The number of aromatic hydroxyl groups is 1. The van der Waals surface area contributed by atoms with Crippen LogP contribution in [-0.2, 0) is 12.8 Å². The molecular weight excluding hydrogens is 299 g/mol. The van der Waals surface area contributed by atoms with Crippen molar-refractivity contribution in [2.24, 2.45) is 11.7 Å². The first-order valence-corrected chi connectivity index (χ1v) is 9.13. The second-order valence-corrected chi connectivity index (χ2v) is 7.62. The van der Waals surface area contributed by atoms with Gasteiger partial charge in [-0.2, -0.15) is 0 Å². The molecule has 1 saturated heterocycles. The summed E-state index contributed by atoms with van der Waals surface area (Å²) in [5.41, 5.74) is 9.37. The second kappa shape index (κ2) is 7.07. The molecule has 2 fully saturated rings. The summed E-state index contributed by atoms with van der Waals surface area (Å²) in [4.78, 5) is 2.47. The van der Waals surface area contributed by atoms with Gasteiger partial charge in [-0.3, -0.25) is 4.90 Å². The van der Waals surface area contributed by atoms with E-state index in [0.717, 1.165) is 43.5 Å². The van der Waals surface area contributed by atoms with Crippen molar-refractivity contribution < 1.29 is 10.2 Å². The first kappa shape index (κ1) is 17.8. The Morgan fingerprint density at radius 2 is 2.00 bits per heavy atom. The number of benzene rings is 1. The standard InChI is InChI=1S/C19H29BN2O2/c1-13-16(4-3-15(5-8-20)18(13)24)9-14-10-22(11-14)19(6-2-7-19)17(21)12-23/h3-4,14,17,23-24H,2,5-12,21H2,1H3. The van der Waals surface area contributed by atoms with Crippen LogP contribution in [0, 0.1) is 12.8 Å². The van der Waals surface area contributed by atoms with Crippen LogP contribution in [0.2, 0.25) is 6.32 Å². The Labute approximate surface area is 146 Å². The van der Waals surface area contributed by atoms with Crippen LogP contribution in [0.5, 0.6) is 5.75 Å². The Morgan fingerprint density at radius 3 is 2.54 bits per heavy atom. The SMILES string of the molecule is [B]CCc1ccc(CC2CN(C3(C(N)CO)CCC3)C2)c(C)c1O. The lowest BCUT2D eigenvalue weighted by molar-refractivity contribution is -0.0843. The van der Waals surface area contributed by atoms with Gasteiger partial charge in [0, 0.05) is 24.7 Å². The molecule has 1 unspecified atom stereocenters. The van der Waals surface area contributed by atoms with Crippen LogP contribution >= 0.6 is 0 Å². The van der Waals surface area contributed by atoms with Crippen LogP contribution in [0.25, 0.3) is 0 Å². The molecule has 1 aromatic rings. The molecule has 5 heteroatoms. The fourth-order valence-electron chi connectivity index (χ4n) is 4.38.